The van der Waals surface area contributed by atoms with E-state index in [0.717, 1.165) is 44.7 Å². The molecular formula is C14H25N5O. The van der Waals surface area contributed by atoms with Crippen molar-refractivity contribution in [2.24, 2.45) is 0 Å². The first-order valence-corrected chi connectivity index (χ1v) is 7.48. The SMILES string of the molecule is CCc1[nH]nc(C(=O)N2CCC(N(CC)CC)C2)c1N. The number of carbonyl (C=O) groups is 1. The zero-order chi connectivity index (χ0) is 14.7. The van der Waals surface area contributed by atoms with E-state index in [1.165, 1.54) is 0 Å². The Morgan fingerprint density at radius 2 is 2.15 bits per heavy atom. The van der Waals surface area contributed by atoms with Crippen molar-refractivity contribution in [2.45, 2.75) is 39.7 Å². The van der Waals surface area contributed by atoms with Crippen molar-refractivity contribution in [3.63, 3.8) is 0 Å². The van der Waals surface area contributed by atoms with Gasteiger partial charge in [-0.2, -0.15) is 5.10 Å². The molecule has 0 bridgehead atoms. The summed E-state index contributed by atoms with van der Waals surface area (Å²) in [6.45, 7) is 9.91. The number of H-pyrrole nitrogens is 1. The van der Waals surface area contributed by atoms with Gasteiger partial charge in [-0.1, -0.05) is 20.8 Å². The van der Waals surface area contributed by atoms with Gasteiger partial charge in [0.15, 0.2) is 5.69 Å². The predicted molar refractivity (Wildman–Crippen MR) is 79.6 cm³/mol. The van der Waals surface area contributed by atoms with Crippen LogP contribution in [-0.4, -0.2) is 58.1 Å². The summed E-state index contributed by atoms with van der Waals surface area (Å²) in [5.41, 5.74) is 7.70. The Hall–Kier alpha value is -1.56. The molecule has 0 aliphatic carbocycles. The average Bonchev–Trinajstić information content (AvgIpc) is 3.06. The Balaban J connectivity index is 2.06. The van der Waals surface area contributed by atoms with Crippen molar-refractivity contribution in [1.29, 1.82) is 0 Å². The molecular weight excluding hydrogens is 254 g/mol. The summed E-state index contributed by atoms with van der Waals surface area (Å²) in [6.07, 6.45) is 1.78. The summed E-state index contributed by atoms with van der Waals surface area (Å²) >= 11 is 0. The van der Waals surface area contributed by atoms with E-state index in [4.69, 9.17) is 5.73 Å². The van der Waals surface area contributed by atoms with Gasteiger partial charge in [-0.3, -0.25) is 14.8 Å². The summed E-state index contributed by atoms with van der Waals surface area (Å²) in [5, 5.41) is 6.94. The van der Waals surface area contributed by atoms with Crippen LogP contribution in [0.25, 0.3) is 0 Å². The Bertz CT molecular complexity index is 466. The summed E-state index contributed by atoms with van der Waals surface area (Å²) < 4.78 is 0. The number of nitrogen functional groups attached to an aromatic ring is 1. The van der Waals surface area contributed by atoms with Gasteiger partial charge in [0, 0.05) is 19.1 Å². The van der Waals surface area contributed by atoms with E-state index in [1.54, 1.807) is 0 Å². The Morgan fingerprint density at radius 1 is 1.45 bits per heavy atom. The predicted octanol–water partition coefficient (Wildman–Crippen LogP) is 1.11. The quantitative estimate of drug-likeness (QED) is 0.846. The first-order chi connectivity index (χ1) is 9.62. The highest BCUT2D eigenvalue weighted by atomic mass is 16.2. The van der Waals surface area contributed by atoms with Crippen molar-refractivity contribution in [3.05, 3.63) is 11.4 Å². The van der Waals surface area contributed by atoms with Crippen LogP contribution in [0.1, 0.15) is 43.4 Å². The molecule has 0 radical (unpaired) electrons. The number of nitrogens with one attached hydrogen (secondary N) is 1. The van der Waals surface area contributed by atoms with E-state index in [9.17, 15) is 4.79 Å². The van der Waals surface area contributed by atoms with E-state index < -0.39 is 0 Å². The molecule has 1 aliphatic rings. The van der Waals surface area contributed by atoms with E-state index in [2.05, 4.69) is 28.9 Å². The number of aryl methyl sites for hydroxylation is 1. The van der Waals surface area contributed by atoms with Gasteiger partial charge in [0.2, 0.25) is 0 Å². The molecule has 6 nitrogen and oxygen atoms in total. The minimum absolute atomic E-state index is 0.0480. The van der Waals surface area contributed by atoms with Crippen LogP contribution in [-0.2, 0) is 6.42 Å². The van der Waals surface area contributed by atoms with Crippen LogP contribution >= 0.6 is 0 Å². The highest BCUT2D eigenvalue weighted by Crippen LogP contribution is 2.21. The lowest BCUT2D eigenvalue weighted by molar-refractivity contribution is 0.0773. The molecule has 112 valence electrons. The fourth-order valence-electron chi connectivity index (χ4n) is 2.93. The number of anilines is 1. The number of carbonyl (C=O) groups excluding carboxylic acids is 1. The van der Waals surface area contributed by atoms with Crippen LogP contribution in [0.5, 0.6) is 0 Å². The Morgan fingerprint density at radius 3 is 2.70 bits per heavy atom. The second-order valence-corrected chi connectivity index (χ2v) is 5.23. The number of aromatic amines is 1. The molecule has 1 aliphatic heterocycles. The van der Waals surface area contributed by atoms with Crippen LogP contribution in [0.3, 0.4) is 0 Å². The number of nitrogens with zero attached hydrogens (tertiary/aromatic N) is 3. The molecule has 20 heavy (non-hydrogen) atoms. The Labute approximate surface area is 120 Å². The smallest absolute Gasteiger partial charge is 0.276 e. The zero-order valence-electron chi connectivity index (χ0n) is 12.6. The van der Waals surface area contributed by atoms with Crippen molar-refractivity contribution in [2.75, 3.05) is 31.9 Å². The molecule has 1 unspecified atom stereocenters. The highest BCUT2D eigenvalue weighted by molar-refractivity contribution is 5.97. The molecule has 1 aromatic rings. The van der Waals surface area contributed by atoms with Crippen molar-refractivity contribution >= 4 is 11.6 Å². The summed E-state index contributed by atoms with van der Waals surface area (Å²) in [4.78, 5) is 16.8. The molecule has 0 spiro atoms. The largest absolute Gasteiger partial charge is 0.395 e. The van der Waals surface area contributed by atoms with E-state index in [1.807, 2.05) is 11.8 Å². The normalized spacial score (nSPS) is 19.0. The van der Waals surface area contributed by atoms with Gasteiger partial charge in [0.1, 0.15) is 0 Å². The van der Waals surface area contributed by atoms with Crippen LogP contribution in [0.15, 0.2) is 0 Å². The minimum atomic E-state index is -0.0480. The summed E-state index contributed by atoms with van der Waals surface area (Å²) in [7, 11) is 0. The number of rotatable bonds is 5. The zero-order valence-corrected chi connectivity index (χ0v) is 12.6. The monoisotopic (exact) mass is 279 g/mol. The summed E-state index contributed by atoms with van der Waals surface area (Å²) in [5.74, 6) is -0.0480. The number of hydrogen-bond acceptors (Lipinski definition) is 4. The van der Waals surface area contributed by atoms with Gasteiger partial charge in [-0.05, 0) is 25.9 Å². The second kappa shape index (κ2) is 6.26. The van der Waals surface area contributed by atoms with Gasteiger partial charge in [-0.25, -0.2) is 0 Å². The lowest BCUT2D eigenvalue weighted by Crippen LogP contribution is -2.38. The number of likely N-dealkylation sites (N-methyl/N-ethyl adjacent to an activating group) is 1. The molecule has 1 aromatic heterocycles. The van der Waals surface area contributed by atoms with Crippen molar-refractivity contribution in [3.8, 4) is 0 Å². The maximum absolute atomic E-state index is 12.5. The Kier molecular flexibility index (Phi) is 4.65. The third-order valence-corrected chi connectivity index (χ3v) is 4.22. The van der Waals surface area contributed by atoms with Gasteiger partial charge in [0.25, 0.3) is 5.91 Å². The maximum atomic E-state index is 12.5. The minimum Gasteiger partial charge on any atom is -0.395 e. The second-order valence-electron chi connectivity index (χ2n) is 5.23. The number of hydrogen-bond donors (Lipinski definition) is 2. The maximum Gasteiger partial charge on any atom is 0.276 e. The van der Waals surface area contributed by atoms with E-state index in [0.29, 0.717) is 17.4 Å². The molecule has 3 N–H and O–H groups in total. The lowest BCUT2D eigenvalue weighted by Gasteiger charge is -2.25. The number of aromatic nitrogens is 2. The van der Waals surface area contributed by atoms with Gasteiger partial charge >= 0.3 is 0 Å². The van der Waals surface area contributed by atoms with Gasteiger partial charge in [-0.15, -0.1) is 0 Å². The van der Waals surface area contributed by atoms with Gasteiger partial charge < -0.3 is 10.6 Å². The molecule has 1 fully saturated rings. The standard InChI is InChI=1S/C14H25N5O/c1-4-11-12(15)13(17-16-11)14(20)19-8-7-10(9-19)18(5-2)6-3/h10H,4-9,15H2,1-3H3,(H,16,17). The third-order valence-electron chi connectivity index (χ3n) is 4.22. The fourth-order valence-corrected chi connectivity index (χ4v) is 2.93. The third kappa shape index (κ3) is 2.65. The molecule has 6 heteroatoms. The van der Waals surface area contributed by atoms with E-state index in [-0.39, 0.29) is 5.91 Å². The van der Waals surface area contributed by atoms with Crippen LogP contribution in [0.2, 0.25) is 0 Å². The molecule has 0 saturated carbocycles. The lowest BCUT2D eigenvalue weighted by atomic mass is 10.2. The topological polar surface area (TPSA) is 78.2 Å². The van der Waals surface area contributed by atoms with Crippen LogP contribution < -0.4 is 5.73 Å². The fraction of sp³-hybridized carbons (Fsp3) is 0.714. The molecule has 1 amide bonds. The van der Waals surface area contributed by atoms with E-state index >= 15 is 0 Å². The van der Waals surface area contributed by atoms with Crippen molar-refractivity contribution in [1.82, 2.24) is 20.0 Å². The highest BCUT2D eigenvalue weighted by Gasteiger charge is 2.31. The molecule has 1 atom stereocenters. The van der Waals surface area contributed by atoms with Crippen LogP contribution in [0.4, 0.5) is 5.69 Å². The summed E-state index contributed by atoms with van der Waals surface area (Å²) in [6, 6.07) is 0.458. The van der Waals surface area contributed by atoms with Crippen molar-refractivity contribution < 1.29 is 4.79 Å². The molecule has 2 rings (SSSR count). The first kappa shape index (κ1) is 14.8. The van der Waals surface area contributed by atoms with Gasteiger partial charge in [0.05, 0.1) is 11.4 Å². The average molecular weight is 279 g/mol. The molecule has 2 heterocycles. The first-order valence-electron chi connectivity index (χ1n) is 7.48. The van der Waals surface area contributed by atoms with Crippen LogP contribution in [0, 0.1) is 0 Å². The molecule has 0 aromatic carbocycles. The number of amides is 1. The number of likely N-dealkylation sites (tertiary alicyclic amines) is 1. The molecule has 1 saturated heterocycles. The number of nitrogens with two attached hydrogens (primary N) is 1.